The molecule has 0 aliphatic heterocycles. The Labute approximate surface area is 174 Å². The molecule has 0 saturated carbocycles. The molecule has 154 valence electrons. The minimum atomic E-state index is -3.98. The topological polar surface area (TPSA) is 101 Å². The van der Waals surface area contributed by atoms with Gasteiger partial charge < -0.3 is 4.90 Å². The van der Waals surface area contributed by atoms with Gasteiger partial charge in [-0.25, -0.2) is 9.17 Å². The number of nitrogens with one attached hydrogen (secondary N) is 2. The van der Waals surface area contributed by atoms with Crippen LogP contribution in [0.1, 0.15) is 16.1 Å². The van der Waals surface area contributed by atoms with Gasteiger partial charge in [-0.2, -0.15) is 13.1 Å². The van der Waals surface area contributed by atoms with Crippen LogP contribution in [-0.4, -0.2) is 58.0 Å². The van der Waals surface area contributed by atoms with Gasteiger partial charge in [-0.1, -0.05) is 23.7 Å². The van der Waals surface area contributed by atoms with Gasteiger partial charge in [-0.3, -0.25) is 10.1 Å². The number of hydrogen-bond acceptors (Lipinski definition) is 7. The van der Waals surface area contributed by atoms with Gasteiger partial charge in [0.2, 0.25) is 0 Å². The highest BCUT2D eigenvalue weighted by atomic mass is 35.5. The molecular formula is C17H23ClN4O4S2. The normalized spacial score (nSPS) is 11.8. The molecule has 0 bridgehead atoms. The van der Waals surface area contributed by atoms with E-state index in [1.807, 2.05) is 44.1 Å². The Bertz CT molecular complexity index is 916. The number of anilines is 1. The Morgan fingerprint density at radius 1 is 1.36 bits per heavy atom. The van der Waals surface area contributed by atoms with Gasteiger partial charge in [0.15, 0.2) is 5.13 Å². The third-order valence-electron chi connectivity index (χ3n) is 3.58. The van der Waals surface area contributed by atoms with Gasteiger partial charge in [-0.05, 0) is 38.7 Å². The fourth-order valence-electron chi connectivity index (χ4n) is 2.20. The second kappa shape index (κ2) is 10.3. The average molecular weight is 447 g/mol. The number of benzene rings is 1. The van der Waals surface area contributed by atoms with Crippen LogP contribution in [0.2, 0.25) is 5.02 Å². The average Bonchev–Trinajstić information content (AvgIpc) is 2.92. The van der Waals surface area contributed by atoms with Crippen LogP contribution >= 0.6 is 22.9 Å². The van der Waals surface area contributed by atoms with Gasteiger partial charge in [-0.15, -0.1) is 11.3 Å². The van der Waals surface area contributed by atoms with Crippen molar-refractivity contribution in [2.24, 2.45) is 0 Å². The second-order valence-corrected chi connectivity index (χ2v) is 9.25. The Balaban J connectivity index is 1.87. The van der Waals surface area contributed by atoms with Crippen molar-refractivity contribution < 1.29 is 17.4 Å². The monoisotopic (exact) mass is 446 g/mol. The highest BCUT2D eigenvalue weighted by Gasteiger charge is 2.15. The van der Waals surface area contributed by atoms with Crippen LogP contribution in [0.3, 0.4) is 0 Å². The number of carbonyl (C=O) groups excluding carboxylic acids is 1. The van der Waals surface area contributed by atoms with Gasteiger partial charge in [0.05, 0.1) is 5.69 Å². The largest absolute Gasteiger partial charge is 0.336 e. The van der Waals surface area contributed by atoms with Crippen LogP contribution in [-0.2, 0) is 25.7 Å². The van der Waals surface area contributed by atoms with E-state index in [1.165, 1.54) is 11.3 Å². The first kappa shape index (κ1) is 22.7. The van der Waals surface area contributed by atoms with E-state index in [0.717, 1.165) is 16.1 Å². The molecule has 8 nitrogen and oxygen atoms in total. The van der Waals surface area contributed by atoms with Crippen molar-refractivity contribution in [2.45, 2.75) is 13.3 Å². The van der Waals surface area contributed by atoms with Crippen LogP contribution in [0.5, 0.6) is 0 Å². The number of thiazole rings is 1. The zero-order valence-electron chi connectivity index (χ0n) is 15.9. The van der Waals surface area contributed by atoms with Crippen LogP contribution in [0.25, 0.3) is 0 Å². The summed E-state index contributed by atoms with van der Waals surface area (Å²) >= 11 is 7.33. The van der Waals surface area contributed by atoms with Gasteiger partial charge in [0, 0.05) is 29.4 Å². The maximum atomic E-state index is 12.0. The molecule has 1 aromatic heterocycles. The summed E-state index contributed by atoms with van der Waals surface area (Å²) in [7, 11) is -0.342. The van der Waals surface area contributed by atoms with E-state index in [0.29, 0.717) is 23.1 Å². The summed E-state index contributed by atoms with van der Waals surface area (Å²) in [4.78, 5) is 19.1. The van der Waals surface area contributed by atoms with E-state index in [2.05, 4.69) is 19.2 Å². The van der Waals surface area contributed by atoms with Crippen molar-refractivity contribution in [1.82, 2.24) is 14.6 Å². The highest BCUT2D eigenvalue weighted by Crippen LogP contribution is 2.26. The van der Waals surface area contributed by atoms with Gasteiger partial charge in [0.25, 0.3) is 5.91 Å². The number of amides is 1. The molecule has 2 rings (SSSR count). The molecule has 0 aliphatic rings. The smallest absolute Gasteiger partial charge is 0.308 e. The molecule has 1 heterocycles. The van der Waals surface area contributed by atoms with E-state index in [9.17, 15) is 13.2 Å². The molecule has 28 heavy (non-hydrogen) atoms. The summed E-state index contributed by atoms with van der Waals surface area (Å²) in [5.74, 6) is -0.596. The van der Waals surface area contributed by atoms with Crippen molar-refractivity contribution in [1.29, 1.82) is 0 Å². The first-order chi connectivity index (χ1) is 13.1. The second-order valence-electron chi connectivity index (χ2n) is 6.30. The standard InChI is InChI=1S/C17H23ClN4O4S2/c1-12-15(10-13-5-4-6-14(18)9-13)27-17(20-12)21-16(23)11-26-28(24,25)19-7-8-22(2)3/h4-6,9,19H,7-8,10-11H2,1-3H3,(H,20,21,23). The molecule has 0 fully saturated rings. The molecule has 2 N–H and O–H groups in total. The molecule has 2 aromatic rings. The predicted octanol–water partition coefficient (Wildman–Crippen LogP) is 2.05. The Morgan fingerprint density at radius 2 is 2.11 bits per heavy atom. The Kier molecular flexibility index (Phi) is 8.35. The summed E-state index contributed by atoms with van der Waals surface area (Å²) in [6.07, 6.45) is 0.639. The number of halogens is 1. The lowest BCUT2D eigenvalue weighted by Gasteiger charge is -2.10. The summed E-state index contributed by atoms with van der Waals surface area (Å²) in [6.45, 7) is 1.93. The number of aryl methyl sites for hydroxylation is 1. The highest BCUT2D eigenvalue weighted by molar-refractivity contribution is 7.84. The summed E-state index contributed by atoms with van der Waals surface area (Å²) in [5.41, 5.74) is 1.83. The molecule has 0 radical (unpaired) electrons. The minimum Gasteiger partial charge on any atom is -0.308 e. The maximum absolute atomic E-state index is 12.0. The third kappa shape index (κ3) is 7.82. The lowest BCUT2D eigenvalue weighted by Crippen LogP contribution is -2.34. The lowest BCUT2D eigenvalue weighted by molar-refractivity contribution is -0.118. The molecule has 11 heteroatoms. The maximum Gasteiger partial charge on any atom is 0.336 e. The lowest BCUT2D eigenvalue weighted by atomic mass is 10.1. The Hall–Kier alpha value is -1.56. The quantitative estimate of drug-likeness (QED) is 0.579. The van der Waals surface area contributed by atoms with Crippen molar-refractivity contribution in [2.75, 3.05) is 39.1 Å². The number of hydrogen-bond donors (Lipinski definition) is 2. The van der Waals surface area contributed by atoms with E-state index >= 15 is 0 Å². The summed E-state index contributed by atoms with van der Waals surface area (Å²) < 4.78 is 30.3. The predicted molar refractivity (Wildman–Crippen MR) is 111 cm³/mol. The van der Waals surface area contributed by atoms with Crippen molar-refractivity contribution in [3.05, 3.63) is 45.4 Å². The number of rotatable bonds is 10. The third-order valence-corrected chi connectivity index (χ3v) is 5.87. The molecule has 1 aromatic carbocycles. The zero-order chi connectivity index (χ0) is 20.7. The number of nitrogens with zero attached hydrogens (tertiary/aromatic N) is 2. The number of likely N-dealkylation sites (N-methyl/N-ethyl adjacent to an activating group) is 1. The SMILES string of the molecule is Cc1nc(NC(=O)COS(=O)(=O)NCCN(C)C)sc1Cc1cccc(Cl)c1. The van der Waals surface area contributed by atoms with E-state index in [-0.39, 0.29) is 6.54 Å². The van der Waals surface area contributed by atoms with Crippen molar-refractivity contribution in [3.63, 3.8) is 0 Å². The summed E-state index contributed by atoms with van der Waals surface area (Å²) in [6, 6.07) is 7.52. The first-order valence-electron chi connectivity index (χ1n) is 8.44. The van der Waals surface area contributed by atoms with Gasteiger partial charge >= 0.3 is 10.3 Å². The minimum absolute atomic E-state index is 0.190. The van der Waals surface area contributed by atoms with E-state index in [1.54, 1.807) is 6.07 Å². The molecule has 1 amide bonds. The molecule has 0 spiro atoms. The Morgan fingerprint density at radius 3 is 2.79 bits per heavy atom. The zero-order valence-corrected chi connectivity index (χ0v) is 18.2. The van der Waals surface area contributed by atoms with Crippen LogP contribution in [0.15, 0.2) is 24.3 Å². The van der Waals surface area contributed by atoms with E-state index in [4.69, 9.17) is 11.6 Å². The number of carbonyl (C=O) groups is 1. The number of aromatic nitrogens is 1. The molecule has 0 unspecified atom stereocenters. The fraction of sp³-hybridized carbons (Fsp3) is 0.412. The van der Waals surface area contributed by atoms with Gasteiger partial charge in [0.1, 0.15) is 6.61 Å². The molecule has 0 atom stereocenters. The van der Waals surface area contributed by atoms with Crippen molar-refractivity contribution >= 4 is 44.3 Å². The van der Waals surface area contributed by atoms with Crippen LogP contribution < -0.4 is 10.0 Å². The van der Waals surface area contributed by atoms with Crippen LogP contribution in [0.4, 0.5) is 5.13 Å². The van der Waals surface area contributed by atoms with E-state index < -0.39 is 22.8 Å². The summed E-state index contributed by atoms with van der Waals surface area (Å²) in [5, 5.41) is 3.61. The molecule has 0 saturated heterocycles. The molecule has 0 aliphatic carbocycles. The first-order valence-corrected chi connectivity index (χ1v) is 11.0. The van der Waals surface area contributed by atoms with Crippen molar-refractivity contribution in [3.8, 4) is 0 Å². The molecular weight excluding hydrogens is 424 g/mol. The van der Waals surface area contributed by atoms with Crippen LogP contribution in [0, 0.1) is 6.92 Å². The fourth-order valence-corrected chi connectivity index (χ4v) is 4.11.